The molecule has 0 aliphatic carbocycles. The van der Waals surface area contributed by atoms with Gasteiger partial charge in [-0.05, 0) is 48.9 Å². The molecule has 0 fully saturated rings. The van der Waals surface area contributed by atoms with Crippen LogP contribution in [0.4, 0.5) is 32.0 Å². The second-order valence-corrected chi connectivity index (χ2v) is 5.40. The van der Waals surface area contributed by atoms with Crippen LogP contribution in [0.2, 0.25) is 0 Å². The van der Waals surface area contributed by atoms with Crippen LogP contribution in [0.1, 0.15) is 32.6 Å². The van der Waals surface area contributed by atoms with Gasteiger partial charge < -0.3 is 5.32 Å². The number of benzene rings is 2. The SMILES string of the molecule is CNc1ccc(C(=O)c2cc(C(F)(F)F)cc(C(F)(F)F)c2)cc1C. The van der Waals surface area contributed by atoms with Gasteiger partial charge in [-0.3, -0.25) is 4.79 Å². The Morgan fingerprint density at radius 1 is 0.840 bits per heavy atom. The average molecular weight is 361 g/mol. The molecule has 2 rings (SSSR count). The molecule has 1 N–H and O–H groups in total. The summed E-state index contributed by atoms with van der Waals surface area (Å²) in [6.45, 7) is 1.66. The lowest BCUT2D eigenvalue weighted by Gasteiger charge is -2.14. The highest BCUT2D eigenvalue weighted by Gasteiger charge is 2.37. The molecule has 0 unspecified atom stereocenters. The smallest absolute Gasteiger partial charge is 0.388 e. The van der Waals surface area contributed by atoms with Crippen molar-refractivity contribution in [1.82, 2.24) is 0 Å². The Kier molecular flexibility index (Phi) is 4.83. The minimum Gasteiger partial charge on any atom is -0.388 e. The molecule has 2 aromatic carbocycles. The summed E-state index contributed by atoms with van der Waals surface area (Å²) in [6, 6.07) is 5.13. The number of hydrogen-bond acceptors (Lipinski definition) is 2. The van der Waals surface area contributed by atoms with Crippen LogP contribution in [0.5, 0.6) is 0 Å². The van der Waals surface area contributed by atoms with Gasteiger partial charge in [-0.25, -0.2) is 0 Å². The zero-order valence-electron chi connectivity index (χ0n) is 13.1. The number of rotatable bonds is 3. The maximum atomic E-state index is 12.9. The molecule has 0 heterocycles. The molecule has 0 saturated heterocycles. The van der Waals surface area contributed by atoms with Gasteiger partial charge in [0.2, 0.25) is 0 Å². The van der Waals surface area contributed by atoms with Gasteiger partial charge in [-0.15, -0.1) is 0 Å². The van der Waals surface area contributed by atoms with Crippen LogP contribution in [0.3, 0.4) is 0 Å². The quantitative estimate of drug-likeness (QED) is 0.593. The Bertz CT molecular complexity index is 776. The van der Waals surface area contributed by atoms with Crippen molar-refractivity contribution in [3.8, 4) is 0 Å². The molecule has 0 atom stereocenters. The number of alkyl halides is 6. The third kappa shape index (κ3) is 4.12. The zero-order valence-corrected chi connectivity index (χ0v) is 13.1. The van der Waals surface area contributed by atoms with Crippen molar-refractivity contribution in [3.05, 3.63) is 64.2 Å². The van der Waals surface area contributed by atoms with Gasteiger partial charge in [-0.1, -0.05) is 0 Å². The zero-order chi connectivity index (χ0) is 19.0. The molecule has 0 saturated carbocycles. The van der Waals surface area contributed by atoms with Crippen LogP contribution in [0, 0.1) is 6.92 Å². The topological polar surface area (TPSA) is 29.1 Å². The lowest BCUT2D eigenvalue weighted by Crippen LogP contribution is -2.14. The predicted octanol–water partition coefficient (Wildman–Crippen LogP) is 5.31. The lowest BCUT2D eigenvalue weighted by molar-refractivity contribution is -0.143. The average Bonchev–Trinajstić information content (AvgIpc) is 2.52. The highest BCUT2D eigenvalue weighted by Crippen LogP contribution is 2.36. The van der Waals surface area contributed by atoms with Gasteiger partial charge >= 0.3 is 12.4 Å². The van der Waals surface area contributed by atoms with E-state index in [2.05, 4.69) is 5.32 Å². The van der Waals surface area contributed by atoms with Crippen molar-refractivity contribution in [2.24, 2.45) is 0 Å². The predicted molar refractivity (Wildman–Crippen MR) is 80.6 cm³/mol. The Morgan fingerprint density at radius 3 is 1.76 bits per heavy atom. The summed E-state index contributed by atoms with van der Waals surface area (Å²) in [5.41, 5.74) is -2.38. The third-order valence-corrected chi connectivity index (χ3v) is 3.61. The number of aryl methyl sites for hydroxylation is 1. The van der Waals surface area contributed by atoms with Gasteiger partial charge in [0.25, 0.3) is 0 Å². The molecule has 0 bridgehead atoms. The molecule has 25 heavy (non-hydrogen) atoms. The number of carbonyl (C=O) groups is 1. The summed E-state index contributed by atoms with van der Waals surface area (Å²) < 4.78 is 77.3. The van der Waals surface area contributed by atoms with E-state index >= 15 is 0 Å². The third-order valence-electron chi connectivity index (χ3n) is 3.61. The molecule has 0 amide bonds. The molecule has 0 radical (unpaired) electrons. The maximum Gasteiger partial charge on any atom is 0.416 e. The van der Waals surface area contributed by atoms with Crippen LogP contribution in [0.25, 0.3) is 0 Å². The molecule has 134 valence electrons. The summed E-state index contributed by atoms with van der Waals surface area (Å²) in [7, 11) is 1.65. The number of carbonyl (C=O) groups excluding carboxylic acids is 1. The standard InChI is InChI=1S/C17H13F6NO/c1-9-5-10(3-4-14(9)24-2)15(25)11-6-12(16(18,19)20)8-13(7-11)17(21,22)23/h3-8,24H,1-2H3. The first-order valence-electron chi connectivity index (χ1n) is 7.06. The largest absolute Gasteiger partial charge is 0.416 e. The molecule has 0 spiro atoms. The first-order valence-corrected chi connectivity index (χ1v) is 7.06. The Balaban J connectivity index is 2.57. The number of nitrogens with one attached hydrogen (secondary N) is 1. The van der Waals surface area contributed by atoms with Crippen molar-refractivity contribution in [2.75, 3.05) is 12.4 Å². The molecular formula is C17H13F6NO. The molecular weight excluding hydrogens is 348 g/mol. The Labute approximate surface area is 139 Å². The van der Waals surface area contributed by atoms with Gasteiger partial charge in [0, 0.05) is 23.9 Å². The van der Waals surface area contributed by atoms with E-state index in [4.69, 9.17) is 0 Å². The first-order chi connectivity index (χ1) is 11.4. The van der Waals surface area contributed by atoms with Crippen molar-refractivity contribution in [2.45, 2.75) is 19.3 Å². The minimum atomic E-state index is -5.00. The number of ketones is 1. The summed E-state index contributed by atoms with van der Waals surface area (Å²) in [4.78, 5) is 12.4. The van der Waals surface area contributed by atoms with E-state index in [1.807, 2.05) is 0 Å². The fraction of sp³-hybridized carbons (Fsp3) is 0.235. The van der Waals surface area contributed by atoms with Crippen LogP contribution in [-0.2, 0) is 12.4 Å². The van der Waals surface area contributed by atoms with E-state index < -0.39 is 34.8 Å². The van der Waals surface area contributed by atoms with Gasteiger partial charge in [0.05, 0.1) is 11.1 Å². The monoisotopic (exact) mass is 361 g/mol. The summed E-state index contributed by atoms with van der Waals surface area (Å²) in [6.07, 6.45) is -10.00. The van der Waals surface area contributed by atoms with E-state index in [0.717, 1.165) is 0 Å². The van der Waals surface area contributed by atoms with Crippen LogP contribution >= 0.6 is 0 Å². The maximum absolute atomic E-state index is 12.9. The number of anilines is 1. The second kappa shape index (κ2) is 6.42. The second-order valence-electron chi connectivity index (χ2n) is 5.40. The Hall–Kier alpha value is -2.51. The number of hydrogen-bond donors (Lipinski definition) is 1. The van der Waals surface area contributed by atoms with Gasteiger partial charge in [0.15, 0.2) is 5.78 Å². The summed E-state index contributed by atoms with van der Waals surface area (Å²) in [5.74, 6) is -0.914. The number of halogens is 6. The lowest BCUT2D eigenvalue weighted by atomic mass is 9.97. The summed E-state index contributed by atoms with van der Waals surface area (Å²) >= 11 is 0. The van der Waals surface area contributed by atoms with Gasteiger partial charge in [-0.2, -0.15) is 26.3 Å². The normalized spacial score (nSPS) is 12.2. The van der Waals surface area contributed by atoms with Crippen LogP contribution in [-0.4, -0.2) is 12.8 Å². The van der Waals surface area contributed by atoms with Crippen molar-refractivity contribution >= 4 is 11.5 Å². The molecule has 2 nitrogen and oxygen atoms in total. The fourth-order valence-electron chi connectivity index (χ4n) is 2.34. The van der Waals surface area contributed by atoms with E-state index in [9.17, 15) is 31.1 Å². The van der Waals surface area contributed by atoms with E-state index in [0.29, 0.717) is 23.4 Å². The van der Waals surface area contributed by atoms with E-state index in [-0.39, 0.29) is 11.6 Å². The summed E-state index contributed by atoms with van der Waals surface area (Å²) in [5, 5.41) is 2.85. The molecule has 8 heteroatoms. The Morgan fingerprint density at radius 2 is 1.36 bits per heavy atom. The molecule has 0 aromatic heterocycles. The van der Waals surface area contributed by atoms with Crippen LogP contribution in [0.15, 0.2) is 36.4 Å². The van der Waals surface area contributed by atoms with Crippen LogP contribution < -0.4 is 5.32 Å². The highest BCUT2D eigenvalue weighted by atomic mass is 19.4. The van der Waals surface area contributed by atoms with E-state index in [1.165, 1.54) is 18.2 Å². The van der Waals surface area contributed by atoms with Crippen molar-refractivity contribution in [3.63, 3.8) is 0 Å². The molecule has 0 aliphatic heterocycles. The van der Waals surface area contributed by atoms with Crippen molar-refractivity contribution < 1.29 is 31.1 Å². The van der Waals surface area contributed by atoms with Gasteiger partial charge in [0.1, 0.15) is 0 Å². The fourth-order valence-corrected chi connectivity index (χ4v) is 2.34. The first kappa shape index (κ1) is 18.8. The minimum absolute atomic E-state index is 0.00366. The highest BCUT2D eigenvalue weighted by molar-refractivity contribution is 6.09. The molecule has 2 aromatic rings. The van der Waals surface area contributed by atoms with Crippen molar-refractivity contribution in [1.29, 1.82) is 0 Å². The van der Waals surface area contributed by atoms with E-state index in [1.54, 1.807) is 14.0 Å². The molecule has 0 aliphatic rings.